The molecule has 0 bridgehead atoms. The van der Waals surface area contributed by atoms with Crippen LogP contribution in [0.4, 0.5) is 23.1 Å². The lowest BCUT2D eigenvalue weighted by atomic mass is 10.2. The van der Waals surface area contributed by atoms with E-state index in [2.05, 4.69) is 26.7 Å². The van der Waals surface area contributed by atoms with Crippen molar-refractivity contribution < 1.29 is 4.74 Å². The van der Waals surface area contributed by atoms with Crippen molar-refractivity contribution in [3.63, 3.8) is 0 Å². The van der Waals surface area contributed by atoms with Crippen molar-refractivity contribution in [2.75, 3.05) is 10.6 Å². The normalized spacial score (nSPS) is 10.0. The van der Waals surface area contributed by atoms with Crippen LogP contribution in [0.3, 0.4) is 0 Å². The van der Waals surface area contributed by atoms with Crippen molar-refractivity contribution in [3.8, 4) is 17.6 Å². The quantitative estimate of drug-likeness (QED) is 0.452. The van der Waals surface area contributed by atoms with Gasteiger partial charge in [0.1, 0.15) is 17.3 Å². The van der Waals surface area contributed by atoms with E-state index in [9.17, 15) is 0 Å². The molecule has 0 amide bonds. The largest absolute Gasteiger partial charge is 0.457 e. The molecule has 4 aromatic rings. The van der Waals surface area contributed by atoms with E-state index in [-0.39, 0.29) is 0 Å². The Kier molecular flexibility index (Phi) is 5.31. The fourth-order valence-electron chi connectivity index (χ4n) is 2.62. The van der Waals surface area contributed by atoms with Gasteiger partial charge in [0.2, 0.25) is 5.95 Å². The lowest BCUT2D eigenvalue weighted by Gasteiger charge is -2.10. The summed E-state index contributed by atoms with van der Waals surface area (Å²) in [5.41, 5.74) is 2.29. The summed E-state index contributed by atoms with van der Waals surface area (Å²) in [7, 11) is 0. The first-order chi connectivity index (χ1) is 14.3. The Bertz CT molecular complexity index is 1120. The summed E-state index contributed by atoms with van der Waals surface area (Å²) in [6.07, 6.45) is 1.67. The average Bonchev–Trinajstić information content (AvgIpc) is 2.77. The van der Waals surface area contributed by atoms with E-state index in [0.717, 1.165) is 22.9 Å². The maximum atomic E-state index is 8.87. The molecule has 0 saturated carbocycles. The van der Waals surface area contributed by atoms with E-state index in [1.165, 1.54) is 0 Å². The van der Waals surface area contributed by atoms with Crippen LogP contribution in [-0.4, -0.2) is 9.97 Å². The highest BCUT2D eigenvalue weighted by Crippen LogP contribution is 2.24. The summed E-state index contributed by atoms with van der Waals surface area (Å²) >= 11 is 0. The number of nitrogens with one attached hydrogen (secondary N) is 2. The Hall–Kier alpha value is -4.37. The molecule has 0 aliphatic heterocycles. The van der Waals surface area contributed by atoms with Crippen LogP contribution < -0.4 is 15.4 Å². The van der Waals surface area contributed by atoms with Crippen molar-refractivity contribution >= 4 is 23.1 Å². The minimum absolute atomic E-state index is 0.462. The zero-order valence-electron chi connectivity index (χ0n) is 15.4. The number of hydrogen-bond acceptors (Lipinski definition) is 6. The van der Waals surface area contributed by atoms with E-state index in [1.54, 1.807) is 24.4 Å². The Labute approximate surface area is 168 Å². The fraction of sp³-hybridized carbons (Fsp3) is 0. The number of anilines is 4. The minimum Gasteiger partial charge on any atom is -0.457 e. The molecule has 6 heteroatoms. The maximum Gasteiger partial charge on any atom is 0.229 e. The van der Waals surface area contributed by atoms with Gasteiger partial charge < -0.3 is 15.4 Å². The van der Waals surface area contributed by atoms with Crippen LogP contribution in [0.1, 0.15) is 5.56 Å². The van der Waals surface area contributed by atoms with E-state index >= 15 is 0 Å². The highest BCUT2D eigenvalue weighted by molar-refractivity contribution is 5.60. The molecule has 0 aliphatic carbocycles. The first-order valence-electron chi connectivity index (χ1n) is 8.99. The first kappa shape index (κ1) is 18.0. The van der Waals surface area contributed by atoms with Crippen LogP contribution >= 0.6 is 0 Å². The van der Waals surface area contributed by atoms with Gasteiger partial charge in [-0.15, -0.1) is 0 Å². The van der Waals surface area contributed by atoms with Crippen molar-refractivity contribution in [3.05, 3.63) is 96.7 Å². The molecular formula is C23H17N5O. The fourth-order valence-corrected chi connectivity index (χ4v) is 2.62. The van der Waals surface area contributed by atoms with Gasteiger partial charge in [-0.2, -0.15) is 10.2 Å². The molecule has 3 aromatic carbocycles. The van der Waals surface area contributed by atoms with Crippen LogP contribution in [0.5, 0.6) is 11.5 Å². The second-order valence-corrected chi connectivity index (χ2v) is 6.14. The van der Waals surface area contributed by atoms with Gasteiger partial charge in [0.15, 0.2) is 0 Å². The van der Waals surface area contributed by atoms with Gasteiger partial charge in [-0.1, -0.05) is 18.2 Å². The predicted molar refractivity (Wildman–Crippen MR) is 113 cm³/mol. The zero-order chi connectivity index (χ0) is 19.9. The standard InChI is InChI=1S/C23H17N5O/c24-16-17-6-8-19(9-7-17)27-23-25-15-14-22(28-23)26-18-10-12-21(13-11-18)29-20-4-2-1-3-5-20/h1-15H,(H2,25,26,27,28). The lowest BCUT2D eigenvalue weighted by Crippen LogP contribution is -2.00. The van der Waals surface area contributed by atoms with Crippen molar-refractivity contribution in [1.82, 2.24) is 9.97 Å². The number of rotatable bonds is 6. The van der Waals surface area contributed by atoms with Gasteiger partial charge in [-0.05, 0) is 66.7 Å². The Morgan fingerprint density at radius 3 is 2.10 bits per heavy atom. The molecule has 6 nitrogen and oxygen atoms in total. The molecule has 4 rings (SSSR count). The summed E-state index contributed by atoms with van der Waals surface area (Å²) in [5.74, 6) is 2.67. The SMILES string of the molecule is N#Cc1ccc(Nc2nccc(Nc3ccc(Oc4ccccc4)cc3)n2)cc1. The molecule has 1 heterocycles. The summed E-state index contributed by atoms with van der Waals surface area (Å²) in [5, 5.41) is 15.3. The molecule has 0 aliphatic rings. The van der Waals surface area contributed by atoms with Gasteiger partial charge in [0, 0.05) is 17.6 Å². The zero-order valence-corrected chi connectivity index (χ0v) is 15.4. The summed E-state index contributed by atoms with van der Waals surface area (Å²) in [4.78, 5) is 8.70. The van der Waals surface area contributed by atoms with E-state index in [0.29, 0.717) is 17.3 Å². The van der Waals surface area contributed by atoms with Crippen LogP contribution in [0.2, 0.25) is 0 Å². The monoisotopic (exact) mass is 379 g/mol. The number of hydrogen-bond donors (Lipinski definition) is 2. The summed E-state index contributed by atoms with van der Waals surface area (Å²) in [6, 6.07) is 28.3. The molecule has 2 N–H and O–H groups in total. The van der Waals surface area contributed by atoms with E-state index in [1.807, 2.05) is 66.7 Å². The molecule has 0 fully saturated rings. The lowest BCUT2D eigenvalue weighted by molar-refractivity contribution is 0.483. The molecule has 0 spiro atoms. The third-order valence-electron chi connectivity index (χ3n) is 4.03. The summed E-state index contributed by atoms with van der Waals surface area (Å²) in [6.45, 7) is 0. The highest BCUT2D eigenvalue weighted by atomic mass is 16.5. The van der Waals surface area contributed by atoms with E-state index in [4.69, 9.17) is 10.00 Å². The number of aromatic nitrogens is 2. The topological polar surface area (TPSA) is 82.9 Å². The van der Waals surface area contributed by atoms with Crippen LogP contribution in [0.25, 0.3) is 0 Å². The Morgan fingerprint density at radius 1 is 0.724 bits per heavy atom. The van der Waals surface area contributed by atoms with Gasteiger partial charge in [0.05, 0.1) is 11.6 Å². The number of nitrogens with zero attached hydrogens (tertiary/aromatic N) is 3. The first-order valence-corrected chi connectivity index (χ1v) is 8.99. The van der Waals surface area contributed by atoms with Crippen molar-refractivity contribution in [2.45, 2.75) is 0 Å². The van der Waals surface area contributed by atoms with Gasteiger partial charge in [-0.25, -0.2) is 4.98 Å². The second-order valence-electron chi connectivity index (χ2n) is 6.14. The second kappa shape index (κ2) is 8.55. The van der Waals surface area contributed by atoms with Crippen molar-refractivity contribution in [2.24, 2.45) is 0 Å². The number of ether oxygens (including phenoxy) is 1. The molecule has 0 radical (unpaired) electrons. The molecular weight excluding hydrogens is 362 g/mol. The minimum atomic E-state index is 0.462. The number of para-hydroxylation sites is 1. The summed E-state index contributed by atoms with van der Waals surface area (Å²) < 4.78 is 5.80. The third-order valence-corrected chi connectivity index (χ3v) is 4.03. The number of benzene rings is 3. The smallest absolute Gasteiger partial charge is 0.229 e. The van der Waals surface area contributed by atoms with E-state index < -0.39 is 0 Å². The molecule has 140 valence electrons. The molecule has 29 heavy (non-hydrogen) atoms. The van der Waals surface area contributed by atoms with Gasteiger partial charge in [0.25, 0.3) is 0 Å². The van der Waals surface area contributed by atoms with Gasteiger partial charge in [-0.3, -0.25) is 0 Å². The Morgan fingerprint density at radius 2 is 1.38 bits per heavy atom. The highest BCUT2D eigenvalue weighted by Gasteiger charge is 2.03. The number of nitriles is 1. The van der Waals surface area contributed by atoms with Crippen LogP contribution in [0.15, 0.2) is 91.1 Å². The molecule has 1 aromatic heterocycles. The predicted octanol–water partition coefficient (Wildman–Crippen LogP) is 5.63. The molecule has 0 saturated heterocycles. The maximum absolute atomic E-state index is 8.87. The van der Waals surface area contributed by atoms with Gasteiger partial charge >= 0.3 is 0 Å². The third kappa shape index (κ3) is 4.87. The molecule has 0 unspecified atom stereocenters. The Balaban J connectivity index is 1.41. The molecule has 0 atom stereocenters. The van der Waals surface area contributed by atoms with Crippen LogP contribution in [-0.2, 0) is 0 Å². The average molecular weight is 379 g/mol. The van der Waals surface area contributed by atoms with Crippen molar-refractivity contribution in [1.29, 1.82) is 5.26 Å². The van der Waals surface area contributed by atoms with Crippen LogP contribution in [0, 0.1) is 11.3 Å².